The van der Waals surface area contributed by atoms with Gasteiger partial charge in [-0.15, -0.1) is 0 Å². The molecular formula is C13H14O2. The lowest BCUT2D eigenvalue weighted by Gasteiger charge is -2.10. The highest BCUT2D eigenvalue weighted by Gasteiger charge is 2.07. The molecule has 0 aliphatic carbocycles. The van der Waals surface area contributed by atoms with Gasteiger partial charge in [-0.2, -0.15) is 0 Å². The Morgan fingerprint density at radius 1 is 0.667 bits per heavy atom. The fourth-order valence-electron chi connectivity index (χ4n) is 1.46. The summed E-state index contributed by atoms with van der Waals surface area (Å²) >= 11 is 0. The molecule has 2 heteroatoms. The van der Waals surface area contributed by atoms with E-state index in [1.165, 1.54) is 0 Å². The first-order chi connectivity index (χ1) is 6.88. The smallest absolute Gasteiger partial charge is 0.104 e. The molecule has 0 atom stereocenters. The molecule has 0 saturated carbocycles. The fourth-order valence-corrected chi connectivity index (χ4v) is 1.46. The van der Waals surface area contributed by atoms with Crippen molar-refractivity contribution >= 4 is 0 Å². The van der Waals surface area contributed by atoms with Gasteiger partial charge in [0.1, 0.15) is 6.10 Å². The molecule has 0 aliphatic heterocycles. The third-order valence-electron chi connectivity index (χ3n) is 2.23. The Balaban J connectivity index is 0.00000112. The summed E-state index contributed by atoms with van der Waals surface area (Å²) in [6, 6.07) is 19.3. The van der Waals surface area contributed by atoms with E-state index < -0.39 is 6.10 Å². The van der Waals surface area contributed by atoms with E-state index in [0.717, 1.165) is 11.1 Å². The van der Waals surface area contributed by atoms with Gasteiger partial charge in [-0.1, -0.05) is 60.7 Å². The maximum Gasteiger partial charge on any atom is 0.104 e. The summed E-state index contributed by atoms with van der Waals surface area (Å²) in [6.45, 7) is 0. The van der Waals surface area contributed by atoms with Crippen LogP contribution in [0, 0.1) is 0 Å². The van der Waals surface area contributed by atoms with Gasteiger partial charge in [-0.05, 0) is 11.1 Å². The van der Waals surface area contributed by atoms with E-state index in [2.05, 4.69) is 0 Å². The van der Waals surface area contributed by atoms with Crippen molar-refractivity contribution < 1.29 is 10.6 Å². The van der Waals surface area contributed by atoms with Crippen LogP contribution in [0.4, 0.5) is 0 Å². The first-order valence-electron chi connectivity index (χ1n) is 4.66. The summed E-state index contributed by atoms with van der Waals surface area (Å²) in [4.78, 5) is 0. The lowest BCUT2D eigenvalue weighted by molar-refractivity contribution is 0.220. The normalized spacial score (nSPS) is 9.73. The SMILES string of the molecule is O.OC(c1ccccc1)c1ccccc1. The average molecular weight is 202 g/mol. The summed E-state index contributed by atoms with van der Waals surface area (Å²) in [5.74, 6) is 0. The van der Waals surface area contributed by atoms with E-state index in [9.17, 15) is 5.11 Å². The van der Waals surface area contributed by atoms with Crippen LogP contribution in [0.2, 0.25) is 0 Å². The summed E-state index contributed by atoms with van der Waals surface area (Å²) in [7, 11) is 0. The molecule has 0 saturated heterocycles. The van der Waals surface area contributed by atoms with Gasteiger partial charge in [0.05, 0.1) is 0 Å². The highest BCUT2D eigenvalue weighted by atomic mass is 16.3. The zero-order valence-electron chi connectivity index (χ0n) is 8.30. The fraction of sp³-hybridized carbons (Fsp3) is 0.0769. The molecule has 0 heterocycles. The Morgan fingerprint density at radius 3 is 1.33 bits per heavy atom. The van der Waals surface area contributed by atoms with Gasteiger partial charge in [-0.25, -0.2) is 0 Å². The molecule has 0 unspecified atom stereocenters. The minimum atomic E-state index is -0.516. The Labute approximate surface area is 89.1 Å². The molecule has 0 radical (unpaired) electrons. The Morgan fingerprint density at radius 2 is 1.00 bits per heavy atom. The highest BCUT2D eigenvalue weighted by Crippen LogP contribution is 2.20. The molecule has 0 spiro atoms. The molecule has 0 bridgehead atoms. The van der Waals surface area contributed by atoms with Crippen molar-refractivity contribution in [3.8, 4) is 0 Å². The molecule has 0 aromatic heterocycles. The van der Waals surface area contributed by atoms with E-state index in [-0.39, 0.29) is 5.48 Å². The summed E-state index contributed by atoms with van der Waals surface area (Å²) in [5.41, 5.74) is 1.86. The number of hydrogen-bond donors (Lipinski definition) is 1. The number of aliphatic hydroxyl groups excluding tert-OH is 1. The largest absolute Gasteiger partial charge is 0.412 e. The van der Waals surface area contributed by atoms with Crippen molar-refractivity contribution in [3.05, 3.63) is 71.8 Å². The second-order valence-electron chi connectivity index (χ2n) is 3.22. The number of benzene rings is 2. The van der Waals surface area contributed by atoms with E-state index in [1.807, 2.05) is 60.7 Å². The highest BCUT2D eigenvalue weighted by molar-refractivity contribution is 5.29. The third kappa shape index (κ3) is 2.65. The third-order valence-corrected chi connectivity index (χ3v) is 2.23. The van der Waals surface area contributed by atoms with Gasteiger partial charge in [0.2, 0.25) is 0 Å². The topological polar surface area (TPSA) is 51.7 Å². The van der Waals surface area contributed by atoms with Crippen LogP contribution in [-0.2, 0) is 0 Å². The second-order valence-corrected chi connectivity index (χ2v) is 3.22. The lowest BCUT2D eigenvalue weighted by Crippen LogP contribution is -1.98. The van der Waals surface area contributed by atoms with Gasteiger partial charge in [0.15, 0.2) is 0 Å². The quantitative estimate of drug-likeness (QED) is 0.795. The van der Waals surface area contributed by atoms with Crippen LogP contribution >= 0.6 is 0 Å². The van der Waals surface area contributed by atoms with Crippen molar-refractivity contribution in [2.45, 2.75) is 6.10 Å². The predicted molar refractivity (Wildman–Crippen MR) is 60.6 cm³/mol. The van der Waals surface area contributed by atoms with Crippen LogP contribution in [0.25, 0.3) is 0 Å². The number of rotatable bonds is 2. The van der Waals surface area contributed by atoms with Gasteiger partial charge >= 0.3 is 0 Å². The summed E-state index contributed by atoms with van der Waals surface area (Å²) in [6.07, 6.45) is -0.516. The molecule has 2 aromatic carbocycles. The molecule has 2 nitrogen and oxygen atoms in total. The van der Waals surface area contributed by atoms with Gasteiger partial charge < -0.3 is 10.6 Å². The van der Waals surface area contributed by atoms with Gasteiger partial charge in [0.25, 0.3) is 0 Å². The maximum atomic E-state index is 9.99. The van der Waals surface area contributed by atoms with E-state index in [1.54, 1.807) is 0 Å². The van der Waals surface area contributed by atoms with Crippen LogP contribution in [0.15, 0.2) is 60.7 Å². The van der Waals surface area contributed by atoms with Crippen molar-refractivity contribution in [2.24, 2.45) is 0 Å². The van der Waals surface area contributed by atoms with Crippen LogP contribution < -0.4 is 0 Å². The molecule has 0 fully saturated rings. The van der Waals surface area contributed by atoms with Crippen LogP contribution in [0.5, 0.6) is 0 Å². The molecular weight excluding hydrogens is 188 g/mol. The molecule has 2 rings (SSSR count). The molecule has 78 valence electrons. The zero-order valence-corrected chi connectivity index (χ0v) is 8.30. The van der Waals surface area contributed by atoms with Gasteiger partial charge in [0, 0.05) is 0 Å². The Kier molecular flexibility index (Phi) is 4.03. The van der Waals surface area contributed by atoms with Crippen molar-refractivity contribution in [1.29, 1.82) is 0 Å². The molecule has 3 N–H and O–H groups in total. The van der Waals surface area contributed by atoms with Crippen molar-refractivity contribution in [1.82, 2.24) is 0 Å². The second kappa shape index (κ2) is 5.29. The first-order valence-corrected chi connectivity index (χ1v) is 4.66. The minimum absolute atomic E-state index is 0. The summed E-state index contributed by atoms with van der Waals surface area (Å²) < 4.78 is 0. The first kappa shape index (κ1) is 11.4. The van der Waals surface area contributed by atoms with Crippen molar-refractivity contribution in [3.63, 3.8) is 0 Å². The zero-order chi connectivity index (χ0) is 9.80. The number of hydrogen-bond acceptors (Lipinski definition) is 1. The molecule has 0 amide bonds. The van der Waals surface area contributed by atoms with E-state index in [4.69, 9.17) is 0 Å². The Hall–Kier alpha value is -1.64. The molecule has 15 heavy (non-hydrogen) atoms. The monoisotopic (exact) mass is 202 g/mol. The van der Waals surface area contributed by atoms with Crippen molar-refractivity contribution in [2.75, 3.05) is 0 Å². The average Bonchev–Trinajstić information content (AvgIpc) is 2.30. The summed E-state index contributed by atoms with van der Waals surface area (Å²) in [5, 5.41) is 9.99. The van der Waals surface area contributed by atoms with Crippen LogP contribution in [0.1, 0.15) is 17.2 Å². The van der Waals surface area contributed by atoms with E-state index in [0.29, 0.717) is 0 Å². The Bertz CT molecular complexity index is 344. The molecule has 0 aliphatic rings. The number of aliphatic hydroxyl groups is 1. The molecule has 2 aromatic rings. The predicted octanol–water partition coefficient (Wildman–Crippen LogP) is 1.94. The van der Waals surface area contributed by atoms with Crippen LogP contribution in [0.3, 0.4) is 0 Å². The standard InChI is InChI=1S/C13H12O.H2O/c14-13(11-7-3-1-4-8-11)12-9-5-2-6-10-12;/h1-10,13-14H;1H2. The van der Waals surface area contributed by atoms with E-state index >= 15 is 0 Å². The van der Waals surface area contributed by atoms with Crippen LogP contribution in [-0.4, -0.2) is 10.6 Å². The van der Waals surface area contributed by atoms with Gasteiger partial charge in [-0.3, -0.25) is 0 Å². The minimum Gasteiger partial charge on any atom is -0.412 e. The lowest BCUT2D eigenvalue weighted by atomic mass is 10.0. The maximum absolute atomic E-state index is 9.99.